The van der Waals surface area contributed by atoms with E-state index in [-0.39, 0.29) is 0 Å². The van der Waals surface area contributed by atoms with Gasteiger partial charge in [0.05, 0.1) is 5.69 Å². The fraction of sp³-hybridized carbons (Fsp3) is 0. The van der Waals surface area contributed by atoms with Crippen LogP contribution in [-0.2, 0) is 0 Å². The van der Waals surface area contributed by atoms with Crippen LogP contribution in [0.4, 0.5) is 0 Å². The van der Waals surface area contributed by atoms with Crippen LogP contribution in [-0.4, -0.2) is 19.9 Å². The number of hydrogen-bond donors (Lipinski definition) is 0. The van der Waals surface area contributed by atoms with E-state index in [1.54, 1.807) is 12.4 Å². The molecular weight excluding hydrogens is 585 g/mol. The summed E-state index contributed by atoms with van der Waals surface area (Å²) < 4.78 is 0. The summed E-state index contributed by atoms with van der Waals surface area (Å²) in [7, 11) is 0. The smallest absolute Gasteiger partial charge is 0.159 e. The minimum Gasteiger partial charge on any atom is -0.264 e. The largest absolute Gasteiger partial charge is 0.264 e. The third kappa shape index (κ3) is 4.88. The van der Waals surface area contributed by atoms with Crippen molar-refractivity contribution >= 4 is 32.3 Å². The van der Waals surface area contributed by atoms with Crippen LogP contribution in [0.15, 0.2) is 171 Å². The van der Waals surface area contributed by atoms with E-state index in [9.17, 15) is 0 Å². The molecule has 0 fully saturated rings. The Morgan fingerprint density at radius 2 is 0.812 bits per heavy atom. The van der Waals surface area contributed by atoms with Gasteiger partial charge in [0, 0.05) is 47.7 Å². The molecule has 6 aromatic carbocycles. The lowest BCUT2D eigenvalue weighted by molar-refractivity contribution is 1.18. The number of aromatic nitrogens is 4. The van der Waals surface area contributed by atoms with Crippen LogP contribution >= 0.6 is 0 Å². The average molecular weight is 613 g/mol. The first kappa shape index (κ1) is 27.8. The number of nitrogens with zero attached hydrogens (tertiary/aromatic N) is 4. The molecule has 0 aliphatic carbocycles. The molecule has 48 heavy (non-hydrogen) atoms. The number of pyridine rings is 2. The molecule has 9 aromatic rings. The van der Waals surface area contributed by atoms with Crippen molar-refractivity contribution in [1.82, 2.24) is 19.9 Å². The SMILES string of the molecule is c1cncc(-c2ccc(-c3cnc(-c4ccc5c6ccccc6c6ccccc6c5c4)nc3-c3ccc(-c4cccnc4)cc3)cc2)c1. The first-order chi connectivity index (χ1) is 23.8. The van der Waals surface area contributed by atoms with Crippen LogP contribution in [0.25, 0.3) is 88.3 Å². The van der Waals surface area contributed by atoms with Crippen LogP contribution < -0.4 is 0 Å². The highest BCUT2D eigenvalue weighted by Gasteiger charge is 2.16. The molecule has 4 nitrogen and oxygen atoms in total. The summed E-state index contributed by atoms with van der Waals surface area (Å²) in [6.07, 6.45) is 9.33. The molecule has 0 radical (unpaired) electrons. The molecule has 224 valence electrons. The van der Waals surface area contributed by atoms with Crippen molar-refractivity contribution < 1.29 is 0 Å². The normalized spacial score (nSPS) is 11.3. The Balaban J connectivity index is 1.20. The van der Waals surface area contributed by atoms with Crippen molar-refractivity contribution in [3.63, 3.8) is 0 Å². The lowest BCUT2D eigenvalue weighted by Crippen LogP contribution is -1.96. The van der Waals surface area contributed by atoms with Gasteiger partial charge < -0.3 is 0 Å². The van der Waals surface area contributed by atoms with Gasteiger partial charge in [0.25, 0.3) is 0 Å². The summed E-state index contributed by atoms with van der Waals surface area (Å²) in [6, 6.07) is 49.1. The van der Waals surface area contributed by atoms with E-state index in [1.165, 1.54) is 32.3 Å². The maximum absolute atomic E-state index is 5.29. The Morgan fingerprint density at radius 1 is 0.333 bits per heavy atom. The highest BCUT2D eigenvalue weighted by Crippen LogP contribution is 2.38. The molecule has 0 spiro atoms. The topological polar surface area (TPSA) is 51.6 Å². The van der Waals surface area contributed by atoms with E-state index in [0.717, 1.165) is 50.2 Å². The summed E-state index contributed by atoms with van der Waals surface area (Å²) >= 11 is 0. The molecule has 0 bridgehead atoms. The van der Waals surface area contributed by atoms with E-state index in [0.29, 0.717) is 5.82 Å². The molecule has 0 unspecified atom stereocenters. The van der Waals surface area contributed by atoms with Gasteiger partial charge in [0.1, 0.15) is 0 Å². The highest BCUT2D eigenvalue weighted by molar-refractivity contribution is 6.25. The first-order valence-corrected chi connectivity index (χ1v) is 16.0. The van der Waals surface area contributed by atoms with E-state index in [1.807, 2.05) is 30.7 Å². The number of hydrogen-bond acceptors (Lipinski definition) is 4. The minimum absolute atomic E-state index is 0.691. The molecule has 3 heterocycles. The van der Waals surface area contributed by atoms with Gasteiger partial charge in [-0.05, 0) is 78.3 Å². The Morgan fingerprint density at radius 3 is 1.35 bits per heavy atom. The van der Waals surface area contributed by atoms with Crippen LogP contribution in [0.3, 0.4) is 0 Å². The van der Waals surface area contributed by atoms with Crippen molar-refractivity contribution in [3.05, 3.63) is 171 Å². The summed E-state index contributed by atoms with van der Waals surface area (Å²) in [4.78, 5) is 18.9. The molecule has 0 saturated heterocycles. The van der Waals surface area contributed by atoms with Gasteiger partial charge in [-0.2, -0.15) is 0 Å². The summed E-state index contributed by atoms with van der Waals surface area (Å²) in [5.74, 6) is 0.691. The third-order valence-corrected chi connectivity index (χ3v) is 9.14. The zero-order valence-electron chi connectivity index (χ0n) is 26.0. The Kier molecular flexibility index (Phi) is 6.76. The molecule has 0 amide bonds. The van der Waals surface area contributed by atoms with Gasteiger partial charge in [0.15, 0.2) is 5.82 Å². The van der Waals surface area contributed by atoms with E-state index in [4.69, 9.17) is 9.97 Å². The Labute approximate surface area is 278 Å². The van der Waals surface area contributed by atoms with Crippen LogP contribution in [0.2, 0.25) is 0 Å². The van der Waals surface area contributed by atoms with E-state index in [2.05, 4.69) is 137 Å². The van der Waals surface area contributed by atoms with Crippen LogP contribution in [0.1, 0.15) is 0 Å². The van der Waals surface area contributed by atoms with Gasteiger partial charge in [-0.1, -0.05) is 121 Å². The molecule has 0 atom stereocenters. The van der Waals surface area contributed by atoms with Crippen molar-refractivity contribution in [3.8, 4) is 56.0 Å². The zero-order chi connectivity index (χ0) is 31.9. The molecule has 0 aliphatic heterocycles. The maximum atomic E-state index is 5.29. The average Bonchev–Trinajstić information content (AvgIpc) is 3.18. The standard InChI is InChI=1S/C44H28N4/c1-2-11-38-36(9-1)37-10-3-4-12-39(37)41-25-33(21-22-40(38)41)44-47-28-42(31-17-13-29(14-18-31)34-7-5-23-45-26-34)43(48-44)32-19-15-30(16-20-32)35-8-6-24-46-27-35/h1-28H. The van der Waals surface area contributed by atoms with Gasteiger partial charge >= 0.3 is 0 Å². The maximum Gasteiger partial charge on any atom is 0.159 e. The lowest BCUT2D eigenvalue weighted by atomic mass is 9.93. The minimum atomic E-state index is 0.691. The summed E-state index contributed by atoms with van der Waals surface area (Å²) in [6.45, 7) is 0. The van der Waals surface area contributed by atoms with Crippen molar-refractivity contribution in [1.29, 1.82) is 0 Å². The third-order valence-electron chi connectivity index (χ3n) is 9.14. The second kappa shape index (κ2) is 11.7. The Hall–Kier alpha value is -6.52. The second-order valence-electron chi connectivity index (χ2n) is 11.9. The second-order valence-corrected chi connectivity index (χ2v) is 11.9. The molecule has 0 aliphatic rings. The van der Waals surface area contributed by atoms with Crippen molar-refractivity contribution in [2.45, 2.75) is 0 Å². The van der Waals surface area contributed by atoms with Crippen LogP contribution in [0, 0.1) is 0 Å². The molecule has 0 N–H and O–H groups in total. The molecule has 4 heteroatoms. The molecule has 3 aromatic heterocycles. The number of rotatable bonds is 5. The van der Waals surface area contributed by atoms with Crippen molar-refractivity contribution in [2.75, 3.05) is 0 Å². The van der Waals surface area contributed by atoms with E-state index < -0.39 is 0 Å². The Bertz CT molecular complexity index is 2540. The number of benzene rings is 6. The summed E-state index contributed by atoms with van der Waals surface area (Å²) in [5, 5.41) is 7.41. The number of fused-ring (bicyclic) bond motifs is 6. The zero-order valence-corrected chi connectivity index (χ0v) is 26.0. The lowest BCUT2D eigenvalue weighted by Gasteiger charge is -2.14. The molecule has 0 saturated carbocycles. The fourth-order valence-electron chi connectivity index (χ4n) is 6.73. The van der Waals surface area contributed by atoms with Gasteiger partial charge in [-0.15, -0.1) is 0 Å². The fourth-order valence-corrected chi connectivity index (χ4v) is 6.73. The van der Waals surface area contributed by atoms with Crippen LogP contribution in [0.5, 0.6) is 0 Å². The summed E-state index contributed by atoms with van der Waals surface area (Å²) in [5.41, 5.74) is 9.30. The van der Waals surface area contributed by atoms with Gasteiger partial charge in [-0.3, -0.25) is 9.97 Å². The predicted molar refractivity (Wildman–Crippen MR) is 197 cm³/mol. The monoisotopic (exact) mass is 612 g/mol. The molecule has 9 rings (SSSR count). The highest BCUT2D eigenvalue weighted by atomic mass is 14.9. The first-order valence-electron chi connectivity index (χ1n) is 16.0. The predicted octanol–water partition coefficient (Wildman–Crippen LogP) is 11.1. The van der Waals surface area contributed by atoms with Crippen molar-refractivity contribution in [2.24, 2.45) is 0 Å². The van der Waals surface area contributed by atoms with E-state index >= 15 is 0 Å². The van der Waals surface area contributed by atoms with Gasteiger partial charge in [-0.25, -0.2) is 9.97 Å². The molecular formula is C44H28N4. The van der Waals surface area contributed by atoms with Gasteiger partial charge in [0.2, 0.25) is 0 Å². The quantitative estimate of drug-likeness (QED) is 0.181.